The summed E-state index contributed by atoms with van der Waals surface area (Å²) in [6, 6.07) is 3.56. The third-order valence-corrected chi connectivity index (χ3v) is 3.37. The summed E-state index contributed by atoms with van der Waals surface area (Å²) in [6.45, 7) is 8.19. The minimum atomic E-state index is -0.830. The normalized spacial score (nSPS) is 13.7. The number of aromatic nitrogens is 1. The van der Waals surface area contributed by atoms with Gasteiger partial charge in [0.2, 0.25) is 5.88 Å². The molecule has 0 saturated heterocycles. The van der Waals surface area contributed by atoms with Crippen molar-refractivity contribution in [2.75, 3.05) is 19.0 Å². The standard InChI is InChI=1S/C15H24N2O3/c1-6-10-20-13-9-8-12(11(3)16-13)17-14(18)15(4,7-2)19-5/h8-9H,6-7,10H2,1-5H3,(H,17,18)/t15-/m1/s1. The first-order valence-corrected chi connectivity index (χ1v) is 6.93. The number of carbonyl (C=O) groups excluding carboxylic acids is 1. The number of rotatable bonds is 7. The van der Waals surface area contributed by atoms with Crippen LogP contribution in [0.15, 0.2) is 12.1 Å². The van der Waals surface area contributed by atoms with E-state index in [1.165, 1.54) is 7.11 Å². The summed E-state index contributed by atoms with van der Waals surface area (Å²) < 4.78 is 10.7. The van der Waals surface area contributed by atoms with E-state index < -0.39 is 5.60 Å². The Labute approximate surface area is 120 Å². The molecule has 1 aromatic heterocycles. The minimum absolute atomic E-state index is 0.172. The van der Waals surface area contributed by atoms with E-state index in [2.05, 4.69) is 10.3 Å². The molecule has 20 heavy (non-hydrogen) atoms. The summed E-state index contributed by atoms with van der Waals surface area (Å²) in [5, 5.41) is 2.85. The second kappa shape index (κ2) is 7.24. The van der Waals surface area contributed by atoms with Gasteiger partial charge in [-0.3, -0.25) is 4.79 Å². The lowest BCUT2D eigenvalue weighted by atomic mass is 10.0. The predicted molar refractivity (Wildman–Crippen MR) is 79.1 cm³/mol. The van der Waals surface area contributed by atoms with Crippen LogP contribution in [0.4, 0.5) is 5.69 Å². The fourth-order valence-electron chi connectivity index (χ4n) is 1.61. The molecule has 1 aromatic rings. The van der Waals surface area contributed by atoms with E-state index in [4.69, 9.17) is 9.47 Å². The van der Waals surface area contributed by atoms with Gasteiger partial charge in [-0.25, -0.2) is 4.98 Å². The summed E-state index contributed by atoms with van der Waals surface area (Å²) in [5.74, 6) is 0.405. The molecule has 5 heteroatoms. The van der Waals surface area contributed by atoms with E-state index in [1.807, 2.05) is 20.8 Å². The molecule has 0 aliphatic rings. The first-order chi connectivity index (χ1) is 9.46. The third-order valence-electron chi connectivity index (χ3n) is 3.37. The van der Waals surface area contributed by atoms with Crippen molar-refractivity contribution in [3.05, 3.63) is 17.8 Å². The Balaban J connectivity index is 2.80. The number of aryl methyl sites for hydroxylation is 1. The molecule has 1 rings (SSSR count). The quantitative estimate of drug-likeness (QED) is 0.834. The van der Waals surface area contributed by atoms with Crippen molar-refractivity contribution in [1.82, 2.24) is 4.98 Å². The largest absolute Gasteiger partial charge is 0.478 e. The molecule has 1 amide bonds. The van der Waals surface area contributed by atoms with Crippen molar-refractivity contribution in [3.63, 3.8) is 0 Å². The molecule has 0 aliphatic heterocycles. The average molecular weight is 280 g/mol. The average Bonchev–Trinajstić information content (AvgIpc) is 2.46. The minimum Gasteiger partial charge on any atom is -0.478 e. The highest BCUT2D eigenvalue weighted by atomic mass is 16.5. The van der Waals surface area contributed by atoms with Crippen molar-refractivity contribution < 1.29 is 14.3 Å². The molecule has 1 N–H and O–H groups in total. The zero-order chi connectivity index (χ0) is 15.2. The highest BCUT2D eigenvalue weighted by Crippen LogP contribution is 2.21. The summed E-state index contributed by atoms with van der Waals surface area (Å²) in [5.41, 5.74) is 0.571. The van der Waals surface area contributed by atoms with Crippen LogP contribution in [0.2, 0.25) is 0 Å². The van der Waals surface area contributed by atoms with Crippen LogP contribution in [0.3, 0.4) is 0 Å². The van der Waals surface area contributed by atoms with E-state index in [-0.39, 0.29) is 5.91 Å². The number of pyridine rings is 1. The van der Waals surface area contributed by atoms with Crippen LogP contribution in [0, 0.1) is 6.92 Å². The first kappa shape index (κ1) is 16.4. The van der Waals surface area contributed by atoms with Gasteiger partial charge in [0.25, 0.3) is 5.91 Å². The van der Waals surface area contributed by atoms with Crippen LogP contribution >= 0.6 is 0 Å². The maximum absolute atomic E-state index is 12.2. The van der Waals surface area contributed by atoms with Crippen LogP contribution in [-0.4, -0.2) is 30.2 Å². The second-order valence-corrected chi connectivity index (χ2v) is 4.87. The van der Waals surface area contributed by atoms with Crippen molar-refractivity contribution >= 4 is 11.6 Å². The van der Waals surface area contributed by atoms with Gasteiger partial charge in [0.15, 0.2) is 0 Å². The Kier molecular flexibility index (Phi) is 5.95. The molecule has 0 saturated carbocycles. The zero-order valence-electron chi connectivity index (χ0n) is 12.9. The molecule has 0 bridgehead atoms. The molecule has 0 unspecified atom stereocenters. The summed E-state index contributed by atoms with van der Waals surface area (Å²) in [6.07, 6.45) is 1.53. The number of anilines is 1. The number of ether oxygens (including phenoxy) is 2. The molecule has 0 aromatic carbocycles. The Bertz CT molecular complexity index is 456. The van der Waals surface area contributed by atoms with Crippen molar-refractivity contribution in [3.8, 4) is 5.88 Å². The lowest BCUT2D eigenvalue weighted by molar-refractivity contribution is -0.136. The van der Waals surface area contributed by atoms with E-state index in [1.54, 1.807) is 19.1 Å². The molecule has 112 valence electrons. The maximum Gasteiger partial charge on any atom is 0.256 e. The molecule has 1 atom stereocenters. The number of nitrogens with one attached hydrogen (secondary N) is 1. The second-order valence-electron chi connectivity index (χ2n) is 4.87. The molecule has 0 fully saturated rings. The Morgan fingerprint density at radius 2 is 2.10 bits per heavy atom. The van der Waals surface area contributed by atoms with Crippen molar-refractivity contribution in [2.45, 2.75) is 46.1 Å². The Hall–Kier alpha value is -1.62. The zero-order valence-corrected chi connectivity index (χ0v) is 12.9. The van der Waals surface area contributed by atoms with E-state index in [0.29, 0.717) is 24.6 Å². The van der Waals surface area contributed by atoms with Crippen molar-refractivity contribution in [1.29, 1.82) is 0 Å². The summed E-state index contributed by atoms with van der Waals surface area (Å²) in [4.78, 5) is 16.5. The molecule has 1 heterocycles. The Morgan fingerprint density at radius 3 is 2.60 bits per heavy atom. The number of methoxy groups -OCH3 is 1. The fraction of sp³-hybridized carbons (Fsp3) is 0.600. The van der Waals surface area contributed by atoms with Gasteiger partial charge in [0.05, 0.1) is 18.0 Å². The molecule has 5 nitrogen and oxygen atoms in total. The van der Waals surface area contributed by atoms with Gasteiger partial charge in [-0.15, -0.1) is 0 Å². The van der Waals surface area contributed by atoms with Crippen LogP contribution < -0.4 is 10.1 Å². The smallest absolute Gasteiger partial charge is 0.256 e. The molecular weight excluding hydrogens is 256 g/mol. The molecule has 0 spiro atoms. The predicted octanol–water partition coefficient (Wildman–Crippen LogP) is 2.93. The highest BCUT2D eigenvalue weighted by molar-refractivity contribution is 5.97. The maximum atomic E-state index is 12.2. The van der Waals surface area contributed by atoms with Gasteiger partial charge < -0.3 is 14.8 Å². The van der Waals surface area contributed by atoms with Gasteiger partial charge in [-0.1, -0.05) is 13.8 Å². The Morgan fingerprint density at radius 1 is 1.40 bits per heavy atom. The van der Waals surface area contributed by atoms with Crippen molar-refractivity contribution in [2.24, 2.45) is 0 Å². The fourth-order valence-corrected chi connectivity index (χ4v) is 1.61. The molecule has 0 radical (unpaired) electrons. The van der Waals surface area contributed by atoms with Gasteiger partial charge >= 0.3 is 0 Å². The van der Waals surface area contributed by atoms with E-state index >= 15 is 0 Å². The van der Waals surface area contributed by atoms with Gasteiger partial charge in [0.1, 0.15) is 5.60 Å². The van der Waals surface area contributed by atoms with E-state index in [9.17, 15) is 4.79 Å². The number of nitrogens with zero attached hydrogens (tertiary/aromatic N) is 1. The number of carbonyl (C=O) groups is 1. The number of amides is 1. The monoisotopic (exact) mass is 280 g/mol. The lowest BCUT2D eigenvalue weighted by Gasteiger charge is -2.25. The third kappa shape index (κ3) is 3.93. The first-order valence-electron chi connectivity index (χ1n) is 6.93. The highest BCUT2D eigenvalue weighted by Gasteiger charge is 2.31. The van der Waals surface area contributed by atoms with Gasteiger partial charge in [-0.05, 0) is 32.8 Å². The number of hydrogen-bond acceptors (Lipinski definition) is 4. The topological polar surface area (TPSA) is 60.5 Å². The van der Waals surface area contributed by atoms with Gasteiger partial charge in [0, 0.05) is 13.2 Å². The summed E-state index contributed by atoms with van der Waals surface area (Å²) in [7, 11) is 1.54. The van der Waals surface area contributed by atoms with Gasteiger partial charge in [-0.2, -0.15) is 0 Å². The summed E-state index contributed by atoms with van der Waals surface area (Å²) >= 11 is 0. The lowest BCUT2D eigenvalue weighted by Crippen LogP contribution is -2.41. The molecule has 0 aliphatic carbocycles. The molecular formula is C15H24N2O3. The van der Waals surface area contributed by atoms with Crippen LogP contribution in [-0.2, 0) is 9.53 Å². The number of hydrogen-bond donors (Lipinski definition) is 1. The van der Waals surface area contributed by atoms with E-state index in [0.717, 1.165) is 12.1 Å². The van der Waals surface area contributed by atoms with Crippen LogP contribution in [0.1, 0.15) is 39.3 Å². The van der Waals surface area contributed by atoms with Crippen LogP contribution in [0.5, 0.6) is 5.88 Å². The van der Waals surface area contributed by atoms with Crippen LogP contribution in [0.25, 0.3) is 0 Å². The SMILES string of the molecule is CCCOc1ccc(NC(=O)[C@@](C)(CC)OC)c(C)n1.